The molecule has 0 amide bonds. The molecule has 0 aliphatic carbocycles. The maximum Gasteiger partial charge on any atom is 0.132 e. The van der Waals surface area contributed by atoms with Gasteiger partial charge in [0.2, 0.25) is 0 Å². The average molecular weight is 509 g/mol. The van der Waals surface area contributed by atoms with Gasteiger partial charge in [-0.05, 0) is 65.1 Å². The molecule has 0 heterocycles. The molecule has 5 nitrogen and oxygen atoms in total. The lowest BCUT2D eigenvalue weighted by Crippen LogP contribution is -2.08. The number of carbonyl (C=O) groups excluding carboxylic acids is 1. The number of hydrogen-bond acceptors (Lipinski definition) is 5. The zero-order valence-corrected chi connectivity index (χ0v) is 22.1. The topological polar surface area (TPSA) is 54.0 Å². The maximum absolute atomic E-state index is 12.5. The van der Waals surface area contributed by atoms with Gasteiger partial charge in [0, 0.05) is 11.6 Å². The molecule has 4 aromatic rings. The van der Waals surface area contributed by atoms with Crippen LogP contribution in [0.15, 0.2) is 84.9 Å². The number of rotatable bonds is 11. The Balaban J connectivity index is 1.64. The van der Waals surface area contributed by atoms with Gasteiger partial charge in [0.25, 0.3) is 0 Å². The first-order valence-electron chi connectivity index (χ1n) is 12.4. The van der Waals surface area contributed by atoms with Gasteiger partial charge in [-0.3, -0.25) is 0 Å². The van der Waals surface area contributed by atoms with Crippen molar-refractivity contribution in [2.24, 2.45) is 0 Å². The van der Waals surface area contributed by atoms with E-state index in [1.807, 2.05) is 91.9 Å². The van der Waals surface area contributed by atoms with Crippen molar-refractivity contribution in [3.8, 4) is 23.0 Å². The molecule has 0 saturated carbocycles. The molecule has 0 saturated heterocycles. The molecule has 1 atom stereocenters. The molecule has 194 valence electrons. The van der Waals surface area contributed by atoms with Crippen LogP contribution in [0.5, 0.6) is 23.0 Å². The van der Waals surface area contributed by atoms with Crippen molar-refractivity contribution in [1.29, 1.82) is 0 Å². The van der Waals surface area contributed by atoms with E-state index < -0.39 is 5.92 Å². The monoisotopic (exact) mass is 508 g/mol. The molecule has 0 radical (unpaired) electrons. The van der Waals surface area contributed by atoms with Crippen molar-refractivity contribution in [3.63, 3.8) is 0 Å². The summed E-state index contributed by atoms with van der Waals surface area (Å²) in [4.78, 5) is 12.5. The first kappa shape index (κ1) is 26.6. The van der Waals surface area contributed by atoms with E-state index in [-0.39, 0.29) is 0 Å². The van der Waals surface area contributed by atoms with Crippen LogP contribution < -0.4 is 18.9 Å². The molecular weight excluding hydrogens is 476 g/mol. The minimum Gasteiger partial charge on any atom is -0.497 e. The van der Waals surface area contributed by atoms with Crippen molar-refractivity contribution in [2.45, 2.75) is 19.4 Å². The second-order valence-corrected chi connectivity index (χ2v) is 8.91. The molecule has 5 heteroatoms. The predicted octanol–water partition coefficient (Wildman–Crippen LogP) is 7.10. The van der Waals surface area contributed by atoms with Crippen molar-refractivity contribution in [3.05, 3.63) is 118 Å². The first-order valence-corrected chi connectivity index (χ1v) is 12.4. The first-order chi connectivity index (χ1) is 18.5. The highest BCUT2D eigenvalue weighted by atomic mass is 16.5. The van der Waals surface area contributed by atoms with Crippen LogP contribution in [0, 0.1) is 6.92 Å². The summed E-state index contributed by atoms with van der Waals surface area (Å²) in [7, 11) is 4.80. The Kier molecular flexibility index (Phi) is 8.83. The summed E-state index contributed by atoms with van der Waals surface area (Å²) in [5.41, 5.74) is 5.59. The SMILES string of the molecule is COc1cc(OC)cc(C(C=O)c2c(/C=C/c3ccc(OCc4ccccc4)cc3)cc(C)cc2OC)c1. The number of ether oxygens (including phenoxy) is 4. The van der Waals surface area contributed by atoms with Crippen molar-refractivity contribution in [1.82, 2.24) is 0 Å². The minimum atomic E-state index is -0.581. The van der Waals surface area contributed by atoms with Crippen molar-refractivity contribution < 1.29 is 23.7 Å². The Morgan fingerprint density at radius 2 is 1.42 bits per heavy atom. The molecule has 0 aliphatic rings. The van der Waals surface area contributed by atoms with Gasteiger partial charge in [-0.1, -0.05) is 60.7 Å². The normalized spacial score (nSPS) is 11.7. The van der Waals surface area contributed by atoms with E-state index >= 15 is 0 Å². The molecule has 0 aromatic heterocycles. The number of aldehydes is 1. The third-order valence-electron chi connectivity index (χ3n) is 6.30. The Morgan fingerprint density at radius 3 is 2.03 bits per heavy atom. The fraction of sp³-hybridized carbons (Fsp3) is 0.182. The largest absolute Gasteiger partial charge is 0.497 e. The van der Waals surface area contributed by atoms with Gasteiger partial charge in [0.05, 0.1) is 27.2 Å². The lowest BCUT2D eigenvalue weighted by atomic mass is 9.87. The van der Waals surface area contributed by atoms with E-state index in [1.54, 1.807) is 27.4 Å². The predicted molar refractivity (Wildman–Crippen MR) is 151 cm³/mol. The highest BCUT2D eigenvalue weighted by molar-refractivity contribution is 5.79. The van der Waals surface area contributed by atoms with Gasteiger partial charge in [-0.25, -0.2) is 0 Å². The zero-order valence-electron chi connectivity index (χ0n) is 22.1. The smallest absolute Gasteiger partial charge is 0.132 e. The summed E-state index contributed by atoms with van der Waals surface area (Å²) in [6.45, 7) is 2.53. The van der Waals surface area contributed by atoms with Crippen LogP contribution in [0.3, 0.4) is 0 Å². The van der Waals surface area contributed by atoms with E-state index in [4.69, 9.17) is 18.9 Å². The van der Waals surface area contributed by atoms with Gasteiger partial charge < -0.3 is 23.7 Å². The highest BCUT2D eigenvalue weighted by Crippen LogP contribution is 2.38. The van der Waals surface area contributed by atoms with Crippen LogP contribution in [-0.2, 0) is 11.4 Å². The zero-order chi connectivity index (χ0) is 26.9. The second kappa shape index (κ2) is 12.6. The fourth-order valence-corrected chi connectivity index (χ4v) is 4.36. The van der Waals surface area contributed by atoms with E-state index in [2.05, 4.69) is 6.07 Å². The Bertz CT molecular complexity index is 1370. The summed E-state index contributed by atoms with van der Waals surface area (Å²) in [5, 5.41) is 0. The molecule has 0 fully saturated rings. The average Bonchev–Trinajstić information content (AvgIpc) is 2.96. The summed E-state index contributed by atoms with van der Waals surface area (Å²) in [6, 6.07) is 27.5. The van der Waals surface area contributed by atoms with E-state index in [0.717, 1.165) is 45.4 Å². The molecule has 0 bridgehead atoms. The number of hydrogen-bond donors (Lipinski definition) is 0. The number of methoxy groups -OCH3 is 3. The number of carbonyl (C=O) groups is 1. The molecule has 38 heavy (non-hydrogen) atoms. The van der Waals surface area contributed by atoms with Gasteiger partial charge >= 0.3 is 0 Å². The quantitative estimate of drug-likeness (QED) is 0.160. The lowest BCUT2D eigenvalue weighted by molar-refractivity contribution is -0.108. The van der Waals surface area contributed by atoms with Crippen LogP contribution >= 0.6 is 0 Å². The molecule has 4 rings (SSSR count). The van der Waals surface area contributed by atoms with Crippen LogP contribution in [0.1, 0.15) is 39.3 Å². The number of benzene rings is 4. The van der Waals surface area contributed by atoms with Crippen molar-refractivity contribution >= 4 is 18.4 Å². The third kappa shape index (κ3) is 6.43. The standard InChI is InChI=1S/C33H32O5/c1-23-16-26(13-10-24-11-14-28(15-12-24)38-22-25-8-6-5-7-9-25)33(32(17-23)37-4)31(21-34)27-18-29(35-2)20-30(19-27)36-3/h5-21,31H,22H2,1-4H3/b13-10+. The van der Waals surface area contributed by atoms with Crippen LogP contribution in [-0.4, -0.2) is 27.6 Å². The summed E-state index contributed by atoms with van der Waals surface area (Å²) >= 11 is 0. The highest BCUT2D eigenvalue weighted by Gasteiger charge is 2.23. The summed E-state index contributed by atoms with van der Waals surface area (Å²) in [5.74, 6) is 2.10. The van der Waals surface area contributed by atoms with Crippen LogP contribution in [0.4, 0.5) is 0 Å². The summed E-state index contributed by atoms with van der Waals surface area (Å²) in [6.07, 6.45) is 4.96. The number of aryl methyl sites for hydroxylation is 1. The molecule has 0 N–H and O–H groups in total. The molecular formula is C33H32O5. The van der Waals surface area contributed by atoms with Crippen LogP contribution in [0.2, 0.25) is 0 Å². The third-order valence-corrected chi connectivity index (χ3v) is 6.30. The van der Waals surface area contributed by atoms with Gasteiger partial charge in [-0.15, -0.1) is 0 Å². The second-order valence-electron chi connectivity index (χ2n) is 8.91. The van der Waals surface area contributed by atoms with E-state index in [9.17, 15) is 4.79 Å². The summed E-state index contributed by atoms with van der Waals surface area (Å²) < 4.78 is 22.5. The maximum atomic E-state index is 12.5. The van der Waals surface area contributed by atoms with E-state index in [0.29, 0.717) is 23.9 Å². The molecule has 1 unspecified atom stereocenters. The van der Waals surface area contributed by atoms with Gasteiger partial charge in [-0.2, -0.15) is 0 Å². The van der Waals surface area contributed by atoms with Crippen molar-refractivity contribution in [2.75, 3.05) is 21.3 Å². The molecule has 0 spiro atoms. The van der Waals surface area contributed by atoms with Crippen LogP contribution in [0.25, 0.3) is 12.2 Å². The lowest BCUT2D eigenvalue weighted by Gasteiger charge is -2.20. The fourth-order valence-electron chi connectivity index (χ4n) is 4.36. The minimum absolute atomic E-state index is 0.518. The Morgan fingerprint density at radius 1 is 0.737 bits per heavy atom. The molecule has 4 aromatic carbocycles. The van der Waals surface area contributed by atoms with E-state index in [1.165, 1.54) is 0 Å². The van der Waals surface area contributed by atoms with Gasteiger partial charge in [0.15, 0.2) is 0 Å². The van der Waals surface area contributed by atoms with Gasteiger partial charge in [0.1, 0.15) is 35.9 Å². The molecule has 0 aliphatic heterocycles. The Hall–Kier alpha value is -4.51. The Labute approximate surface area is 224 Å².